The van der Waals surface area contributed by atoms with Crippen LogP contribution in [0.3, 0.4) is 0 Å². The van der Waals surface area contributed by atoms with Crippen molar-refractivity contribution in [1.29, 1.82) is 0 Å². The minimum absolute atomic E-state index is 0.0298. The Labute approximate surface area is 151 Å². The van der Waals surface area contributed by atoms with E-state index in [0.29, 0.717) is 30.5 Å². The number of hydrogen-bond donors (Lipinski definition) is 1. The number of hydrogen-bond acceptors (Lipinski definition) is 4. The predicted molar refractivity (Wildman–Crippen MR) is 104 cm³/mol. The summed E-state index contributed by atoms with van der Waals surface area (Å²) in [6.45, 7) is 4.86. The summed E-state index contributed by atoms with van der Waals surface area (Å²) in [7, 11) is 0. The van der Waals surface area contributed by atoms with E-state index in [1.165, 1.54) is 16.9 Å². The summed E-state index contributed by atoms with van der Waals surface area (Å²) >= 11 is 1.49. The molecule has 0 spiro atoms. The van der Waals surface area contributed by atoms with E-state index in [0.717, 1.165) is 16.0 Å². The van der Waals surface area contributed by atoms with Crippen LogP contribution in [-0.2, 0) is 4.79 Å². The van der Waals surface area contributed by atoms with E-state index >= 15 is 0 Å². The van der Waals surface area contributed by atoms with Gasteiger partial charge in [0.05, 0.1) is 16.8 Å². The summed E-state index contributed by atoms with van der Waals surface area (Å²) in [5.41, 5.74) is 2.21. The molecule has 0 unspecified atom stereocenters. The zero-order chi connectivity index (χ0) is 17.6. The van der Waals surface area contributed by atoms with Crippen molar-refractivity contribution >= 4 is 32.6 Å². The topological polar surface area (TPSA) is 51.2 Å². The summed E-state index contributed by atoms with van der Waals surface area (Å²) in [5, 5.41) is 3.51. The molecule has 0 saturated carbocycles. The molecule has 4 nitrogen and oxygen atoms in total. The highest BCUT2D eigenvalue weighted by Gasteiger charge is 2.07. The van der Waals surface area contributed by atoms with Crippen molar-refractivity contribution in [3.63, 3.8) is 0 Å². The van der Waals surface area contributed by atoms with Gasteiger partial charge in [0, 0.05) is 6.42 Å². The highest BCUT2D eigenvalue weighted by Crippen LogP contribution is 2.25. The first kappa shape index (κ1) is 17.4. The summed E-state index contributed by atoms with van der Waals surface area (Å²) in [6.07, 6.45) is 1.09. The van der Waals surface area contributed by atoms with Gasteiger partial charge in [-0.15, -0.1) is 0 Å². The smallest absolute Gasteiger partial charge is 0.226 e. The molecule has 1 aromatic heterocycles. The maximum absolute atomic E-state index is 12.0. The molecule has 0 aliphatic carbocycles. The van der Waals surface area contributed by atoms with Crippen molar-refractivity contribution in [3.05, 3.63) is 54.1 Å². The van der Waals surface area contributed by atoms with Gasteiger partial charge in [-0.25, -0.2) is 4.98 Å². The SMILES string of the molecule is CC(C)c1ccc(OCCCC(=O)Nc2nc3ccccc3s2)cc1. The quantitative estimate of drug-likeness (QED) is 0.592. The molecule has 2 aromatic carbocycles. The molecule has 5 heteroatoms. The molecule has 25 heavy (non-hydrogen) atoms. The van der Waals surface area contributed by atoms with E-state index in [-0.39, 0.29) is 5.91 Å². The Kier molecular flexibility index (Phi) is 5.66. The number of thiazole rings is 1. The van der Waals surface area contributed by atoms with Gasteiger partial charge in [0.15, 0.2) is 5.13 Å². The molecule has 0 atom stereocenters. The van der Waals surface area contributed by atoms with Crippen molar-refractivity contribution in [2.24, 2.45) is 0 Å². The number of benzene rings is 2. The Morgan fingerprint density at radius 2 is 1.92 bits per heavy atom. The van der Waals surface area contributed by atoms with Crippen LogP contribution in [0.15, 0.2) is 48.5 Å². The lowest BCUT2D eigenvalue weighted by atomic mass is 10.0. The molecule has 1 N–H and O–H groups in total. The average Bonchev–Trinajstić information content (AvgIpc) is 3.01. The van der Waals surface area contributed by atoms with E-state index in [1.54, 1.807) is 0 Å². The van der Waals surface area contributed by atoms with E-state index in [2.05, 4.69) is 36.3 Å². The molecule has 0 aliphatic heterocycles. The minimum atomic E-state index is -0.0298. The molecular formula is C20H22N2O2S. The predicted octanol–water partition coefficient (Wildman–Crippen LogP) is 5.22. The molecular weight excluding hydrogens is 332 g/mol. The monoisotopic (exact) mass is 354 g/mol. The lowest BCUT2D eigenvalue weighted by molar-refractivity contribution is -0.116. The maximum atomic E-state index is 12.0. The largest absolute Gasteiger partial charge is 0.494 e. The number of anilines is 1. The average molecular weight is 354 g/mol. The van der Waals surface area contributed by atoms with Gasteiger partial charge in [-0.1, -0.05) is 49.4 Å². The summed E-state index contributed by atoms with van der Waals surface area (Å²) in [4.78, 5) is 16.4. The maximum Gasteiger partial charge on any atom is 0.226 e. The lowest BCUT2D eigenvalue weighted by Crippen LogP contribution is -2.12. The van der Waals surface area contributed by atoms with Gasteiger partial charge < -0.3 is 10.1 Å². The minimum Gasteiger partial charge on any atom is -0.494 e. The summed E-state index contributed by atoms with van der Waals surface area (Å²) in [5.74, 6) is 1.33. The number of carbonyl (C=O) groups excluding carboxylic acids is 1. The fourth-order valence-corrected chi connectivity index (χ4v) is 3.36. The number of ether oxygens (including phenoxy) is 1. The Balaban J connectivity index is 1.41. The number of nitrogens with zero attached hydrogens (tertiary/aromatic N) is 1. The molecule has 3 rings (SSSR count). The molecule has 0 saturated heterocycles. The third-order valence-electron chi connectivity index (χ3n) is 3.90. The number of aromatic nitrogens is 1. The van der Waals surface area contributed by atoms with Crippen LogP contribution in [0, 0.1) is 0 Å². The third-order valence-corrected chi connectivity index (χ3v) is 4.86. The van der Waals surface area contributed by atoms with Gasteiger partial charge in [0.2, 0.25) is 5.91 Å². The van der Waals surface area contributed by atoms with Crippen LogP contribution in [0.1, 0.15) is 38.2 Å². The lowest BCUT2D eigenvalue weighted by Gasteiger charge is -2.08. The van der Waals surface area contributed by atoms with Crippen molar-refractivity contribution in [3.8, 4) is 5.75 Å². The molecule has 1 heterocycles. The summed E-state index contributed by atoms with van der Waals surface area (Å²) in [6, 6.07) is 16.0. The van der Waals surface area contributed by atoms with E-state index in [9.17, 15) is 4.79 Å². The molecule has 1 amide bonds. The number of fused-ring (bicyclic) bond motifs is 1. The van der Waals surface area contributed by atoms with Crippen LogP contribution >= 0.6 is 11.3 Å². The fourth-order valence-electron chi connectivity index (χ4n) is 2.48. The second-order valence-electron chi connectivity index (χ2n) is 6.21. The van der Waals surface area contributed by atoms with Crippen molar-refractivity contribution in [1.82, 2.24) is 4.98 Å². The number of para-hydroxylation sites is 1. The Morgan fingerprint density at radius 3 is 2.64 bits per heavy atom. The second-order valence-corrected chi connectivity index (χ2v) is 7.24. The highest BCUT2D eigenvalue weighted by molar-refractivity contribution is 7.22. The molecule has 0 radical (unpaired) electrons. The van der Waals surface area contributed by atoms with Crippen LogP contribution in [0.2, 0.25) is 0 Å². The van der Waals surface area contributed by atoms with Gasteiger partial charge in [-0.05, 0) is 42.2 Å². The van der Waals surface area contributed by atoms with Crippen molar-refractivity contribution in [2.45, 2.75) is 32.6 Å². The van der Waals surface area contributed by atoms with E-state index < -0.39 is 0 Å². The zero-order valence-corrected chi connectivity index (χ0v) is 15.3. The standard InChI is InChI=1S/C20H22N2O2S/c1-14(2)15-9-11-16(12-10-15)24-13-5-8-19(23)22-20-21-17-6-3-4-7-18(17)25-20/h3-4,6-7,9-12,14H,5,8,13H2,1-2H3,(H,21,22,23). The van der Waals surface area contributed by atoms with Gasteiger partial charge in [-0.2, -0.15) is 0 Å². The highest BCUT2D eigenvalue weighted by atomic mass is 32.1. The van der Waals surface area contributed by atoms with Gasteiger partial charge >= 0.3 is 0 Å². The summed E-state index contributed by atoms with van der Waals surface area (Å²) < 4.78 is 6.77. The Bertz CT molecular complexity index is 807. The number of carbonyl (C=O) groups is 1. The van der Waals surface area contributed by atoms with E-state index in [4.69, 9.17) is 4.74 Å². The Morgan fingerprint density at radius 1 is 1.16 bits per heavy atom. The van der Waals surface area contributed by atoms with Crippen molar-refractivity contribution in [2.75, 3.05) is 11.9 Å². The first-order chi connectivity index (χ1) is 12.1. The van der Waals surface area contributed by atoms with Crippen LogP contribution in [-0.4, -0.2) is 17.5 Å². The van der Waals surface area contributed by atoms with Crippen LogP contribution in [0.4, 0.5) is 5.13 Å². The third kappa shape index (κ3) is 4.79. The van der Waals surface area contributed by atoms with Crippen LogP contribution < -0.4 is 10.1 Å². The van der Waals surface area contributed by atoms with Gasteiger partial charge in [0.25, 0.3) is 0 Å². The fraction of sp³-hybridized carbons (Fsp3) is 0.300. The number of nitrogens with one attached hydrogen (secondary N) is 1. The molecule has 3 aromatic rings. The Hall–Kier alpha value is -2.40. The first-order valence-corrected chi connectivity index (χ1v) is 9.31. The van der Waals surface area contributed by atoms with Gasteiger partial charge in [0.1, 0.15) is 5.75 Å². The van der Waals surface area contributed by atoms with Crippen molar-refractivity contribution < 1.29 is 9.53 Å². The van der Waals surface area contributed by atoms with Crippen LogP contribution in [0.25, 0.3) is 10.2 Å². The molecule has 130 valence electrons. The van der Waals surface area contributed by atoms with Gasteiger partial charge in [-0.3, -0.25) is 4.79 Å². The molecule has 0 fully saturated rings. The second kappa shape index (κ2) is 8.12. The van der Waals surface area contributed by atoms with E-state index in [1.807, 2.05) is 36.4 Å². The first-order valence-electron chi connectivity index (χ1n) is 8.50. The molecule has 0 bridgehead atoms. The number of amides is 1. The zero-order valence-electron chi connectivity index (χ0n) is 14.5. The number of rotatable bonds is 7. The normalized spacial score (nSPS) is 11.0. The van der Waals surface area contributed by atoms with Crippen LogP contribution in [0.5, 0.6) is 5.75 Å². The molecule has 0 aliphatic rings.